The lowest BCUT2D eigenvalue weighted by molar-refractivity contribution is -0.136. The van der Waals surface area contributed by atoms with Crippen molar-refractivity contribution in [1.82, 2.24) is 4.90 Å². The molecule has 7 nitrogen and oxygen atoms in total. The Hall–Kier alpha value is -2.48. The summed E-state index contributed by atoms with van der Waals surface area (Å²) in [5, 5.41) is 0. The maximum absolute atomic E-state index is 13.1. The summed E-state index contributed by atoms with van der Waals surface area (Å²) in [4.78, 5) is 16.9. The number of piperidine rings is 1. The summed E-state index contributed by atoms with van der Waals surface area (Å²) in [6.45, 7) is 3.97. The maximum atomic E-state index is 13.1. The molecule has 2 fully saturated rings. The summed E-state index contributed by atoms with van der Waals surface area (Å²) >= 11 is 0. The van der Waals surface area contributed by atoms with Crippen molar-refractivity contribution in [3.8, 4) is 5.75 Å². The lowest BCUT2D eigenvalue weighted by Crippen LogP contribution is -2.43. The Balaban J connectivity index is 1.47. The fourth-order valence-corrected chi connectivity index (χ4v) is 6.02. The molecule has 168 valence electrons. The first-order valence-corrected chi connectivity index (χ1v) is 12.8. The second-order valence-corrected chi connectivity index (χ2v) is 10.6. The number of rotatable bonds is 7. The molecule has 2 aliphatic rings. The molecule has 1 unspecified atom stereocenters. The molecule has 0 aliphatic carbocycles. The van der Waals surface area contributed by atoms with Gasteiger partial charge >= 0.3 is 0 Å². The molecular formula is C23H30N2O5S. The minimum absolute atomic E-state index is 0.0111. The third kappa shape index (κ3) is 5.42. The second-order valence-electron chi connectivity index (χ2n) is 8.42. The first-order chi connectivity index (χ1) is 14.9. The number of hydrogen-bond donors (Lipinski definition) is 0. The summed E-state index contributed by atoms with van der Waals surface area (Å²) in [6, 6.07) is 11.0. The van der Waals surface area contributed by atoms with Crippen LogP contribution < -0.4 is 9.64 Å². The zero-order valence-corrected chi connectivity index (χ0v) is 18.8. The van der Waals surface area contributed by atoms with Gasteiger partial charge in [-0.15, -0.1) is 0 Å². The van der Waals surface area contributed by atoms with Crippen molar-refractivity contribution >= 4 is 21.6 Å². The molecule has 1 aromatic carbocycles. The zero-order chi connectivity index (χ0) is 21.8. The molecule has 1 atom stereocenters. The Morgan fingerprint density at radius 1 is 1.16 bits per heavy atom. The van der Waals surface area contributed by atoms with Crippen molar-refractivity contribution in [3.05, 3.63) is 47.7 Å². The molecule has 0 N–H and O–H groups in total. The van der Waals surface area contributed by atoms with E-state index in [1.54, 1.807) is 4.90 Å². The third-order valence-electron chi connectivity index (χ3n) is 6.06. The predicted octanol–water partition coefficient (Wildman–Crippen LogP) is 3.17. The SMILES string of the molecule is Cc1ccccc1OCC(=O)N(Cc1ccc(N2CCCCC2)o1)C1CCS(=O)(=O)C1. The molecule has 2 aliphatic heterocycles. The van der Waals surface area contributed by atoms with E-state index >= 15 is 0 Å². The maximum Gasteiger partial charge on any atom is 0.261 e. The van der Waals surface area contributed by atoms with Crippen LogP contribution in [0.3, 0.4) is 0 Å². The number of nitrogens with zero attached hydrogens (tertiary/aromatic N) is 2. The molecule has 0 spiro atoms. The number of aryl methyl sites for hydroxylation is 1. The van der Waals surface area contributed by atoms with E-state index in [1.165, 1.54) is 6.42 Å². The van der Waals surface area contributed by atoms with Gasteiger partial charge in [0.15, 0.2) is 22.3 Å². The monoisotopic (exact) mass is 446 g/mol. The Morgan fingerprint density at radius 2 is 1.94 bits per heavy atom. The fraction of sp³-hybridized carbons (Fsp3) is 0.522. The average Bonchev–Trinajstić information content (AvgIpc) is 3.38. The molecule has 0 bridgehead atoms. The number of sulfone groups is 1. The molecule has 8 heteroatoms. The van der Waals surface area contributed by atoms with Gasteiger partial charge in [-0.2, -0.15) is 0 Å². The molecule has 2 aromatic rings. The molecule has 3 heterocycles. The average molecular weight is 447 g/mol. The van der Waals surface area contributed by atoms with E-state index < -0.39 is 9.84 Å². The smallest absolute Gasteiger partial charge is 0.261 e. The van der Waals surface area contributed by atoms with Crippen molar-refractivity contribution in [2.24, 2.45) is 0 Å². The summed E-state index contributed by atoms with van der Waals surface area (Å²) in [7, 11) is -3.13. The Morgan fingerprint density at radius 3 is 2.65 bits per heavy atom. The van der Waals surface area contributed by atoms with Gasteiger partial charge < -0.3 is 19.0 Å². The molecule has 31 heavy (non-hydrogen) atoms. The normalized spacial score (nSPS) is 20.5. The number of furan rings is 1. The quantitative estimate of drug-likeness (QED) is 0.650. The van der Waals surface area contributed by atoms with Gasteiger partial charge in [-0.1, -0.05) is 18.2 Å². The number of carbonyl (C=O) groups is 1. The topological polar surface area (TPSA) is 80.1 Å². The van der Waals surface area contributed by atoms with Gasteiger partial charge in [0, 0.05) is 25.2 Å². The van der Waals surface area contributed by atoms with Crippen LogP contribution in [0.5, 0.6) is 5.75 Å². The van der Waals surface area contributed by atoms with E-state index in [2.05, 4.69) is 4.90 Å². The van der Waals surface area contributed by atoms with Crippen molar-refractivity contribution in [1.29, 1.82) is 0 Å². The highest BCUT2D eigenvalue weighted by Gasteiger charge is 2.35. The van der Waals surface area contributed by atoms with Crippen LogP contribution in [0.2, 0.25) is 0 Å². The van der Waals surface area contributed by atoms with Gasteiger partial charge in [0.05, 0.1) is 18.1 Å². The van der Waals surface area contributed by atoms with Crippen molar-refractivity contribution in [2.45, 2.75) is 45.2 Å². The van der Waals surface area contributed by atoms with Gasteiger partial charge in [-0.05, 0) is 50.3 Å². The summed E-state index contributed by atoms with van der Waals surface area (Å²) < 4.78 is 35.9. The van der Waals surface area contributed by atoms with E-state index in [0.29, 0.717) is 17.9 Å². The molecule has 0 saturated carbocycles. The molecule has 4 rings (SSSR count). The van der Waals surface area contributed by atoms with E-state index in [9.17, 15) is 13.2 Å². The zero-order valence-electron chi connectivity index (χ0n) is 18.0. The van der Waals surface area contributed by atoms with Crippen molar-refractivity contribution in [2.75, 3.05) is 36.1 Å². The number of carbonyl (C=O) groups excluding carboxylic acids is 1. The Kier molecular flexibility index (Phi) is 6.55. The highest BCUT2D eigenvalue weighted by atomic mass is 32.2. The molecule has 0 radical (unpaired) electrons. The highest BCUT2D eigenvalue weighted by molar-refractivity contribution is 7.91. The van der Waals surface area contributed by atoms with Gasteiger partial charge in [0.25, 0.3) is 5.91 Å². The van der Waals surface area contributed by atoms with Crippen molar-refractivity contribution < 1.29 is 22.4 Å². The number of para-hydroxylation sites is 1. The predicted molar refractivity (Wildman–Crippen MR) is 119 cm³/mol. The lowest BCUT2D eigenvalue weighted by atomic mass is 10.1. The van der Waals surface area contributed by atoms with E-state index in [4.69, 9.17) is 9.15 Å². The van der Waals surface area contributed by atoms with Crippen molar-refractivity contribution in [3.63, 3.8) is 0 Å². The number of hydrogen-bond acceptors (Lipinski definition) is 6. The fourth-order valence-electron chi connectivity index (χ4n) is 4.29. The highest BCUT2D eigenvalue weighted by Crippen LogP contribution is 2.26. The number of anilines is 1. The number of amides is 1. The summed E-state index contributed by atoms with van der Waals surface area (Å²) in [6.07, 6.45) is 3.98. The standard InChI is InChI=1S/C23H30N2O5S/c1-18-7-3-4-8-21(18)29-16-22(26)25(19-11-14-31(27,28)17-19)15-20-9-10-23(30-20)24-12-5-2-6-13-24/h3-4,7-10,19H,2,5-6,11-17H2,1H3. The van der Waals surface area contributed by atoms with E-state index in [0.717, 1.165) is 37.4 Å². The second kappa shape index (κ2) is 9.34. The van der Waals surface area contributed by atoms with Gasteiger partial charge in [0.1, 0.15) is 11.5 Å². The Bertz CT molecular complexity index is 1010. The van der Waals surface area contributed by atoms with Crippen LogP contribution in [0.4, 0.5) is 5.88 Å². The van der Waals surface area contributed by atoms with E-state index in [-0.39, 0.29) is 36.6 Å². The minimum atomic E-state index is -3.13. The van der Waals surface area contributed by atoms with Crippen LogP contribution in [0.1, 0.15) is 37.0 Å². The lowest BCUT2D eigenvalue weighted by Gasteiger charge is -2.28. The summed E-state index contributed by atoms with van der Waals surface area (Å²) in [5.74, 6) is 1.99. The largest absolute Gasteiger partial charge is 0.484 e. The Labute approximate surface area is 183 Å². The number of benzene rings is 1. The molecule has 1 amide bonds. The van der Waals surface area contributed by atoms with Crippen LogP contribution in [-0.4, -0.2) is 56.5 Å². The van der Waals surface area contributed by atoms with Crippen LogP contribution >= 0.6 is 0 Å². The van der Waals surface area contributed by atoms with Crippen LogP contribution in [0.15, 0.2) is 40.8 Å². The van der Waals surface area contributed by atoms with Crippen LogP contribution in [0.25, 0.3) is 0 Å². The molecule has 1 aromatic heterocycles. The first-order valence-electron chi connectivity index (χ1n) is 10.9. The van der Waals surface area contributed by atoms with Gasteiger partial charge in [-0.25, -0.2) is 8.42 Å². The minimum Gasteiger partial charge on any atom is -0.484 e. The van der Waals surface area contributed by atoms with Gasteiger partial charge in [-0.3, -0.25) is 4.79 Å². The summed E-state index contributed by atoms with van der Waals surface area (Å²) in [5.41, 5.74) is 0.947. The van der Waals surface area contributed by atoms with Crippen LogP contribution in [0, 0.1) is 6.92 Å². The number of ether oxygens (including phenoxy) is 1. The van der Waals surface area contributed by atoms with Crippen LogP contribution in [-0.2, 0) is 21.2 Å². The van der Waals surface area contributed by atoms with E-state index in [1.807, 2.05) is 43.3 Å². The molecule has 2 saturated heterocycles. The molecular weight excluding hydrogens is 416 g/mol. The van der Waals surface area contributed by atoms with Gasteiger partial charge in [0.2, 0.25) is 0 Å². The third-order valence-corrected chi connectivity index (χ3v) is 7.81. The first kappa shape index (κ1) is 21.7.